The van der Waals surface area contributed by atoms with Gasteiger partial charge < -0.3 is 0 Å². The molecule has 1 aromatic rings. The highest BCUT2D eigenvalue weighted by Crippen LogP contribution is 2.17. The van der Waals surface area contributed by atoms with E-state index in [-0.39, 0.29) is 18.1 Å². The highest BCUT2D eigenvalue weighted by molar-refractivity contribution is 5.81. The molecule has 1 amide bonds. The number of amides is 1. The van der Waals surface area contributed by atoms with Gasteiger partial charge in [0.2, 0.25) is 5.91 Å². The zero-order valence-electron chi connectivity index (χ0n) is 10.6. The summed E-state index contributed by atoms with van der Waals surface area (Å²) in [5, 5.41) is 0. The predicted molar refractivity (Wildman–Crippen MR) is 64.1 cm³/mol. The lowest BCUT2D eigenvalue weighted by atomic mass is 9.92. The number of nitrogens with two attached hydrogens (primary N) is 1. The van der Waals surface area contributed by atoms with Crippen LogP contribution in [0.4, 0.5) is 0 Å². The molecule has 6 nitrogen and oxygen atoms in total. The Labute approximate surface area is 99.8 Å². The van der Waals surface area contributed by atoms with Crippen molar-refractivity contribution < 1.29 is 4.79 Å². The Hall–Kier alpha value is -1.69. The molecule has 6 heteroatoms. The summed E-state index contributed by atoms with van der Waals surface area (Å²) in [6.45, 7) is 7.26. The normalized spacial score (nSPS) is 11.4. The summed E-state index contributed by atoms with van der Waals surface area (Å²) in [5.74, 6) is 4.79. The maximum atomic E-state index is 11.7. The van der Waals surface area contributed by atoms with E-state index in [2.05, 4.69) is 10.4 Å². The van der Waals surface area contributed by atoms with Crippen molar-refractivity contribution >= 4 is 5.91 Å². The van der Waals surface area contributed by atoms with Crippen LogP contribution < -0.4 is 17.0 Å². The third kappa shape index (κ3) is 2.91. The van der Waals surface area contributed by atoms with Gasteiger partial charge in [0.1, 0.15) is 0 Å². The molecule has 1 heterocycles. The van der Waals surface area contributed by atoms with Gasteiger partial charge in [-0.25, -0.2) is 10.6 Å². The largest absolute Gasteiger partial charge is 0.347 e. The van der Waals surface area contributed by atoms with Gasteiger partial charge in [-0.15, -0.1) is 0 Å². The van der Waals surface area contributed by atoms with E-state index in [4.69, 9.17) is 5.84 Å². The average molecular weight is 238 g/mol. The lowest BCUT2D eigenvalue weighted by Crippen LogP contribution is -2.45. The minimum atomic E-state index is -0.764. The quantitative estimate of drug-likeness (QED) is 0.436. The van der Waals surface area contributed by atoms with Gasteiger partial charge in [-0.3, -0.25) is 14.8 Å². The number of aryl methyl sites for hydroxylation is 2. The van der Waals surface area contributed by atoms with Gasteiger partial charge in [-0.2, -0.15) is 4.98 Å². The maximum Gasteiger partial charge on any atom is 0.347 e. The Morgan fingerprint density at radius 1 is 1.53 bits per heavy atom. The first-order valence-electron chi connectivity index (χ1n) is 5.34. The zero-order chi connectivity index (χ0) is 13.2. The summed E-state index contributed by atoms with van der Waals surface area (Å²) in [6, 6.07) is 1.80. The van der Waals surface area contributed by atoms with Crippen molar-refractivity contribution in [1.82, 2.24) is 15.0 Å². The third-order valence-corrected chi connectivity index (χ3v) is 2.65. The molecular formula is C11H18N4O2. The minimum Gasteiger partial charge on any atom is -0.296 e. The number of aromatic nitrogens is 2. The second-order valence-electron chi connectivity index (χ2n) is 4.76. The van der Waals surface area contributed by atoms with Gasteiger partial charge in [0.15, 0.2) is 0 Å². The Morgan fingerprint density at radius 2 is 2.12 bits per heavy atom. The molecule has 1 rings (SSSR count). The fourth-order valence-corrected chi connectivity index (χ4v) is 1.63. The van der Waals surface area contributed by atoms with Gasteiger partial charge in [0.05, 0.1) is 5.41 Å². The number of nitrogens with one attached hydrogen (secondary N) is 1. The molecule has 0 fully saturated rings. The number of rotatable bonds is 3. The molecule has 0 spiro atoms. The highest BCUT2D eigenvalue weighted by atomic mass is 16.2. The van der Waals surface area contributed by atoms with Crippen LogP contribution in [-0.4, -0.2) is 15.5 Å². The summed E-state index contributed by atoms with van der Waals surface area (Å²) in [4.78, 5) is 27.1. The van der Waals surface area contributed by atoms with Crippen LogP contribution >= 0.6 is 0 Å². The standard InChI is InChI=1S/C11H18N4O2/c1-7-5-8(2)15(10(17)13-7)6-11(3,4)9(16)14-12/h5H,6,12H2,1-4H3,(H,14,16). The Morgan fingerprint density at radius 3 is 2.59 bits per heavy atom. The molecule has 0 aliphatic heterocycles. The molecule has 0 unspecified atom stereocenters. The second kappa shape index (κ2) is 4.67. The van der Waals surface area contributed by atoms with Crippen molar-refractivity contribution in [2.24, 2.45) is 11.3 Å². The lowest BCUT2D eigenvalue weighted by molar-refractivity contribution is -0.130. The molecule has 3 N–H and O–H groups in total. The molecule has 0 saturated heterocycles. The zero-order valence-corrected chi connectivity index (χ0v) is 10.6. The fraction of sp³-hybridized carbons (Fsp3) is 0.545. The molecular weight excluding hydrogens is 220 g/mol. The van der Waals surface area contributed by atoms with E-state index < -0.39 is 5.41 Å². The van der Waals surface area contributed by atoms with Crippen LogP contribution in [-0.2, 0) is 11.3 Å². The third-order valence-electron chi connectivity index (χ3n) is 2.65. The van der Waals surface area contributed by atoms with Crippen molar-refractivity contribution in [3.05, 3.63) is 27.9 Å². The van der Waals surface area contributed by atoms with Crippen LogP contribution in [0.3, 0.4) is 0 Å². The molecule has 0 aromatic carbocycles. The Balaban J connectivity index is 3.12. The van der Waals surface area contributed by atoms with E-state index in [1.807, 2.05) is 6.92 Å². The highest BCUT2D eigenvalue weighted by Gasteiger charge is 2.28. The van der Waals surface area contributed by atoms with Crippen LogP contribution in [0, 0.1) is 19.3 Å². The Kier molecular flexibility index (Phi) is 3.67. The number of hydrogen-bond donors (Lipinski definition) is 2. The molecule has 0 bridgehead atoms. The van der Waals surface area contributed by atoms with E-state index in [0.29, 0.717) is 5.69 Å². The smallest absolute Gasteiger partial charge is 0.296 e. The molecule has 1 aromatic heterocycles. The first kappa shape index (κ1) is 13.4. The first-order valence-corrected chi connectivity index (χ1v) is 5.34. The summed E-state index contributed by atoms with van der Waals surface area (Å²) < 4.78 is 1.47. The number of nitrogens with zero attached hydrogens (tertiary/aromatic N) is 2. The number of hydrogen-bond acceptors (Lipinski definition) is 4. The van der Waals surface area contributed by atoms with Crippen molar-refractivity contribution in [3.63, 3.8) is 0 Å². The van der Waals surface area contributed by atoms with E-state index in [1.54, 1.807) is 26.8 Å². The van der Waals surface area contributed by atoms with Gasteiger partial charge in [0.25, 0.3) is 0 Å². The van der Waals surface area contributed by atoms with Crippen molar-refractivity contribution in [2.75, 3.05) is 0 Å². The van der Waals surface area contributed by atoms with E-state index in [0.717, 1.165) is 5.69 Å². The molecule has 0 aliphatic rings. The van der Waals surface area contributed by atoms with Crippen molar-refractivity contribution in [1.29, 1.82) is 0 Å². The molecule has 94 valence electrons. The van der Waals surface area contributed by atoms with E-state index in [9.17, 15) is 9.59 Å². The van der Waals surface area contributed by atoms with Gasteiger partial charge >= 0.3 is 5.69 Å². The monoisotopic (exact) mass is 238 g/mol. The SMILES string of the molecule is Cc1cc(C)n(CC(C)(C)C(=O)NN)c(=O)n1. The number of carbonyl (C=O) groups excluding carboxylic acids is 1. The summed E-state index contributed by atoms with van der Waals surface area (Å²) >= 11 is 0. The van der Waals surface area contributed by atoms with Crippen LogP contribution in [0.25, 0.3) is 0 Å². The van der Waals surface area contributed by atoms with E-state index >= 15 is 0 Å². The predicted octanol–water partition coefficient (Wildman–Crippen LogP) is -0.124. The van der Waals surface area contributed by atoms with Crippen molar-refractivity contribution in [2.45, 2.75) is 34.2 Å². The summed E-state index contributed by atoms with van der Waals surface area (Å²) in [6.07, 6.45) is 0. The molecule has 0 atom stereocenters. The minimum absolute atomic E-state index is 0.244. The second-order valence-corrected chi connectivity index (χ2v) is 4.76. The molecule has 0 aliphatic carbocycles. The van der Waals surface area contributed by atoms with Crippen LogP contribution in [0.15, 0.2) is 10.9 Å². The molecule has 0 saturated carbocycles. The van der Waals surface area contributed by atoms with E-state index in [1.165, 1.54) is 4.57 Å². The Bertz CT molecular complexity index is 491. The van der Waals surface area contributed by atoms with Gasteiger partial charge in [0, 0.05) is 17.9 Å². The first-order chi connectivity index (χ1) is 7.77. The summed E-state index contributed by atoms with van der Waals surface area (Å²) in [5.41, 5.74) is 2.44. The maximum absolute atomic E-state index is 11.7. The van der Waals surface area contributed by atoms with Crippen LogP contribution in [0.1, 0.15) is 25.2 Å². The summed E-state index contributed by atoms with van der Waals surface area (Å²) in [7, 11) is 0. The number of carbonyl (C=O) groups is 1. The topological polar surface area (TPSA) is 90.0 Å². The fourth-order valence-electron chi connectivity index (χ4n) is 1.63. The average Bonchev–Trinajstić information content (AvgIpc) is 2.22. The lowest BCUT2D eigenvalue weighted by Gasteiger charge is -2.24. The van der Waals surface area contributed by atoms with Crippen LogP contribution in [0.5, 0.6) is 0 Å². The molecule has 17 heavy (non-hydrogen) atoms. The van der Waals surface area contributed by atoms with Crippen LogP contribution in [0.2, 0.25) is 0 Å². The molecule has 0 radical (unpaired) electrons. The van der Waals surface area contributed by atoms with Gasteiger partial charge in [-0.05, 0) is 33.8 Å². The number of hydrazine groups is 1. The van der Waals surface area contributed by atoms with Crippen molar-refractivity contribution in [3.8, 4) is 0 Å². The van der Waals surface area contributed by atoms with Gasteiger partial charge in [-0.1, -0.05) is 0 Å².